The molecule has 3 fully saturated rings. The van der Waals surface area contributed by atoms with Gasteiger partial charge in [0.05, 0.1) is 6.04 Å². The van der Waals surface area contributed by atoms with Gasteiger partial charge in [-0.1, -0.05) is 6.92 Å². The van der Waals surface area contributed by atoms with Crippen molar-refractivity contribution in [2.24, 2.45) is 11.8 Å². The Morgan fingerprint density at radius 1 is 1.30 bits per heavy atom. The average Bonchev–Trinajstić information content (AvgIpc) is 2.46. The molecule has 5 heteroatoms. The number of rotatable bonds is 1. The van der Waals surface area contributed by atoms with Crippen molar-refractivity contribution in [2.45, 2.75) is 51.1 Å². The molecule has 0 aliphatic carbocycles. The molecule has 2 N–H and O–H groups in total. The Morgan fingerprint density at radius 2 is 2.15 bits per heavy atom. The van der Waals surface area contributed by atoms with Gasteiger partial charge in [0.1, 0.15) is 0 Å². The van der Waals surface area contributed by atoms with E-state index in [0.29, 0.717) is 24.3 Å². The Morgan fingerprint density at radius 3 is 2.95 bits per heavy atom. The molecule has 0 saturated carbocycles. The third kappa shape index (κ3) is 2.82. The lowest BCUT2D eigenvalue weighted by molar-refractivity contribution is -0.137. The van der Waals surface area contributed by atoms with Crippen molar-refractivity contribution < 1.29 is 9.59 Å². The van der Waals surface area contributed by atoms with Crippen LogP contribution >= 0.6 is 0 Å². The predicted octanol–water partition coefficient (Wildman–Crippen LogP) is 0.502. The number of likely N-dealkylation sites (tertiary alicyclic amines) is 1. The second-order valence-corrected chi connectivity index (χ2v) is 6.68. The van der Waals surface area contributed by atoms with E-state index in [4.69, 9.17) is 0 Å². The molecule has 3 saturated heterocycles. The van der Waals surface area contributed by atoms with Crippen LogP contribution in [0, 0.1) is 11.8 Å². The Bertz CT molecular complexity index is 399. The van der Waals surface area contributed by atoms with Gasteiger partial charge in [-0.15, -0.1) is 0 Å². The van der Waals surface area contributed by atoms with E-state index in [1.54, 1.807) is 0 Å². The maximum atomic E-state index is 12.6. The van der Waals surface area contributed by atoms with E-state index in [9.17, 15) is 9.59 Å². The van der Waals surface area contributed by atoms with Crippen molar-refractivity contribution in [3.05, 3.63) is 0 Å². The lowest BCUT2D eigenvalue weighted by atomic mass is 9.84. The van der Waals surface area contributed by atoms with Crippen LogP contribution in [0.5, 0.6) is 0 Å². The quantitative estimate of drug-likeness (QED) is 0.735. The van der Waals surface area contributed by atoms with Gasteiger partial charge < -0.3 is 15.5 Å². The highest BCUT2D eigenvalue weighted by molar-refractivity contribution is 5.82. The Kier molecular flexibility index (Phi) is 3.96. The third-order valence-corrected chi connectivity index (χ3v) is 5.10. The normalized spacial score (nSPS) is 38.0. The fourth-order valence-corrected chi connectivity index (χ4v) is 3.83. The van der Waals surface area contributed by atoms with Crippen molar-refractivity contribution in [2.75, 3.05) is 19.6 Å². The van der Waals surface area contributed by atoms with Gasteiger partial charge in [-0.05, 0) is 44.1 Å². The fourth-order valence-electron chi connectivity index (χ4n) is 3.83. The average molecular weight is 279 g/mol. The van der Waals surface area contributed by atoms with Crippen molar-refractivity contribution in [1.29, 1.82) is 0 Å². The summed E-state index contributed by atoms with van der Waals surface area (Å²) in [5.74, 6) is 1.53. The summed E-state index contributed by atoms with van der Waals surface area (Å²) in [6.45, 7) is 4.78. The van der Waals surface area contributed by atoms with E-state index in [2.05, 4.69) is 17.6 Å². The molecule has 4 unspecified atom stereocenters. The standard InChI is InChI=1S/C15H25N3O2/c1-10-4-6-16-13(8-10)15(20)18-7-5-12-11(9-18)2-3-14(19)17-12/h10-13,16H,2-9H2,1H3,(H,17,19). The number of carbonyl (C=O) groups excluding carboxylic acids is 2. The van der Waals surface area contributed by atoms with Crippen LogP contribution in [0.25, 0.3) is 0 Å². The molecular weight excluding hydrogens is 254 g/mol. The van der Waals surface area contributed by atoms with E-state index in [-0.39, 0.29) is 17.9 Å². The first kappa shape index (κ1) is 13.9. The molecule has 112 valence electrons. The summed E-state index contributed by atoms with van der Waals surface area (Å²) in [5, 5.41) is 6.44. The smallest absolute Gasteiger partial charge is 0.239 e. The molecule has 0 bridgehead atoms. The van der Waals surface area contributed by atoms with E-state index in [0.717, 1.165) is 38.9 Å². The summed E-state index contributed by atoms with van der Waals surface area (Å²) in [6.07, 6.45) is 4.57. The Labute approximate surface area is 120 Å². The number of hydrogen-bond donors (Lipinski definition) is 2. The lowest BCUT2D eigenvalue weighted by Gasteiger charge is -2.43. The van der Waals surface area contributed by atoms with Crippen LogP contribution in [0.15, 0.2) is 0 Å². The number of amides is 2. The van der Waals surface area contributed by atoms with Gasteiger partial charge in [-0.2, -0.15) is 0 Å². The number of nitrogens with zero attached hydrogens (tertiary/aromatic N) is 1. The highest BCUT2D eigenvalue weighted by Crippen LogP contribution is 2.26. The molecule has 0 aromatic heterocycles. The summed E-state index contributed by atoms with van der Waals surface area (Å²) in [6, 6.07) is 0.298. The van der Waals surface area contributed by atoms with E-state index in [1.165, 1.54) is 6.42 Å². The molecule has 4 atom stereocenters. The maximum absolute atomic E-state index is 12.6. The van der Waals surface area contributed by atoms with Crippen LogP contribution in [-0.2, 0) is 9.59 Å². The first-order valence-corrected chi connectivity index (χ1v) is 7.95. The highest BCUT2D eigenvalue weighted by atomic mass is 16.2. The van der Waals surface area contributed by atoms with Crippen molar-refractivity contribution >= 4 is 11.8 Å². The molecule has 3 rings (SSSR count). The summed E-state index contributed by atoms with van der Waals surface area (Å²) < 4.78 is 0. The summed E-state index contributed by atoms with van der Waals surface area (Å²) in [7, 11) is 0. The molecule has 0 radical (unpaired) electrons. The minimum atomic E-state index is 0.00785. The number of hydrogen-bond acceptors (Lipinski definition) is 3. The lowest BCUT2D eigenvalue weighted by Crippen LogP contribution is -2.58. The summed E-state index contributed by atoms with van der Waals surface area (Å²) >= 11 is 0. The largest absolute Gasteiger partial charge is 0.353 e. The zero-order valence-electron chi connectivity index (χ0n) is 12.2. The molecule has 3 aliphatic heterocycles. The number of nitrogens with one attached hydrogen (secondary N) is 2. The second kappa shape index (κ2) is 5.72. The van der Waals surface area contributed by atoms with Gasteiger partial charge in [0.2, 0.25) is 11.8 Å². The predicted molar refractivity (Wildman–Crippen MR) is 76.0 cm³/mol. The van der Waals surface area contributed by atoms with Crippen LogP contribution in [0.2, 0.25) is 0 Å². The van der Waals surface area contributed by atoms with Crippen molar-refractivity contribution in [1.82, 2.24) is 15.5 Å². The Balaban J connectivity index is 1.58. The third-order valence-electron chi connectivity index (χ3n) is 5.10. The Hall–Kier alpha value is -1.10. The van der Waals surface area contributed by atoms with Gasteiger partial charge in [-0.25, -0.2) is 0 Å². The van der Waals surface area contributed by atoms with Crippen LogP contribution in [0.3, 0.4) is 0 Å². The fraction of sp³-hybridized carbons (Fsp3) is 0.867. The van der Waals surface area contributed by atoms with Gasteiger partial charge >= 0.3 is 0 Å². The zero-order valence-corrected chi connectivity index (χ0v) is 12.2. The molecule has 0 aromatic carbocycles. The maximum Gasteiger partial charge on any atom is 0.239 e. The molecule has 5 nitrogen and oxygen atoms in total. The number of carbonyl (C=O) groups is 2. The summed E-state index contributed by atoms with van der Waals surface area (Å²) in [4.78, 5) is 26.1. The van der Waals surface area contributed by atoms with Crippen LogP contribution < -0.4 is 10.6 Å². The van der Waals surface area contributed by atoms with E-state index < -0.39 is 0 Å². The second-order valence-electron chi connectivity index (χ2n) is 6.68. The van der Waals surface area contributed by atoms with Gasteiger partial charge in [-0.3, -0.25) is 9.59 Å². The zero-order chi connectivity index (χ0) is 14.1. The molecule has 2 amide bonds. The van der Waals surface area contributed by atoms with Crippen LogP contribution in [0.1, 0.15) is 39.0 Å². The first-order chi connectivity index (χ1) is 9.63. The monoisotopic (exact) mass is 279 g/mol. The highest BCUT2D eigenvalue weighted by Gasteiger charge is 2.37. The molecule has 20 heavy (non-hydrogen) atoms. The first-order valence-electron chi connectivity index (χ1n) is 7.95. The SMILES string of the molecule is CC1CCNC(C(=O)N2CCC3NC(=O)CCC3C2)C1. The molecule has 3 aliphatic rings. The number of fused-ring (bicyclic) bond motifs is 1. The van der Waals surface area contributed by atoms with Crippen LogP contribution in [-0.4, -0.2) is 48.4 Å². The van der Waals surface area contributed by atoms with Crippen LogP contribution in [0.4, 0.5) is 0 Å². The van der Waals surface area contributed by atoms with Crippen molar-refractivity contribution in [3.8, 4) is 0 Å². The number of piperidine rings is 3. The summed E-state index contributed by atoms with van der Waals surface area (Å²) in [5.41, 5.74) is 0. The minimum Gasteiger partial charge on any atom is -0.353 e. The van der Waals surface area contributed by atoms with E-state index in [1.807, 2.05) is 4.90 Å². The van der Waals surface area contributed by atoms with Gasteiger partial charge in [0, 0.05) is 25.6 Å². The van der Waals surface area contributed by atoms with Gasteiger partial charge in [0.15, 0.2) is 0 Å². The topological polar surface area (TPSA) is 61.4 Å². The molecule has 0 spiro atoms. The van der Waals surface area contributed by atoms with E-state index >= 15 is 0 Å². The van der Waals surface area contributed by atoms with Gasteiger partial charge in [0.25, 0.3) is 0 Å². The molecular formula is C15H25N3O2. The van der Waals surface area contributed by atoms with Crippen molar-refractivity contribution in [3.63, 3.8) is 0 Å². The molecule has 3 heterocycles. The minimum absolute atomic E-state index is 0.00785. The molecule has 0 aromatic rings.